The molecule has 0 amide bonds. The Morgan fingerprint density at radius 1 is 1.35 bits per heavy atom. The molecule has 0 aliphatic carbocycles. The first-order chi connectivity index (χ1) is 7.95. The van der Waals surface area contributed by atoms with Gasteiger partial charge in [-0.05, 0) is 25.8 Å². The van der Waals surface area contributed by atoms with E-state index in [1.807, 2.05) is 44.2 Å². The first-order valence-corrected chi connectivity index (χ1v) is 5.62. The fourth-order valence-corrected chi connectivity index (χ4v) is 1.55. The van der Waals surface area contributed by atoms with Gasteiger partial charge in [0.05, 0.1) is 17.9 Å². The fraction of sp³-hybridized carbons (Fsp3) is 0.545. The summed E-state index contributed by atoms with van der Waals surface area (Å²) in [4.78, 5) is 0. The molecule has 0 unspecified atom stereocenters. The molecule has 2 heterocycles. The monoisotopic (exact) mass is 234 g/mol. The lowest BCUT2D eigenvalue weighted by Gasteiger charge is -2.13. The van der Waals surface area contributed by atoms with Gasteiger partial charge in [0, 0.05) is 19.8 Å². The van der Waals surface area contributed by atoms with E-state index >= 15 is 0 Å². The van der Waals surface area contributed by atoms with Crippen LogP contribution in [0, 0.1) is 0 Å². The Hall–Kier alpha value is -1.69. The fourth-order valence-electron chi connectivity index (χ4n) is 1.55. The quantitative estimate of drug-likeness (QED) is 0.833. The van der Waals surface area contributed by atoms with Crippen LogP contribution in [0.4, 0.5) is 0 Å². The Morgan fingerprint density at radius 3 is 2.65 bits per heavy atom. The van der Waals surface area contributed by atoms with Crippen LogP contribution in [0.2, 0.25) is 0 Å². The first kappa shape index (κ1) is 11.8. The highest BCUT2D eigenvalue weighted by atomic mass is 15.4. The van der Waals surface area contributed by atoms with Gasteiger partial charge in [-0.25, -0.2) is 0 Å². The summed E-state index contributed by atoms with van der Waals surface area (Å²) in [6, 6.07) is 0. The molecule has 0 atom stereocenters. The van der Waals surface area contributed by atoms with E-state index in [2.05, 4.69) is 15.4 Å². The van der Waals surface area contributed by atoms with Crippen LogP contribution in [0.15, 0.2) is 18.6 Å². The first-order valence-electron chi connectivity index (χ1n) is 5.62. The van der Waals surface area contributed by atoms with Gasteiger partial charge < -0.3 is 5.73 Å². The van der Waals surface area contributed by atoms with Crippen molar-refractivity contribution in [3.05, 3.63) is 29.8 Å². The van der Waals surface area contributed by atoms with Gasteiger partial charge in [0.25, 0.3) is 0 Å². The summed E-state index contributed by atoms with van der Waals surface area (Å²) in [5.74, 6) is 0. The number of nitrogens with two attached hydrogens (primary N) is 1. The maximum absolute atomic E-state index is 5.95. The molecular weight excluding hydrogens is 216 g/mol. The van der Waals surface area contributed by atoms with Crippen LogP contribution in [0.5, 0.6) is 0 Å². The number of hydrogen-bond donors (Lipinski definition) is 1. The highest BCUT2D eigenvalue weighted by molar-refractivity contribution is 5.06. The second-order valence-corrected chi connectivity index (χ2v) is 4.86. The summed E-state index contributed by atoms with van der Waals surface area (Å²) in [5.41, 5.74) is 7.51. The van der Waals surface area contributed by atoms with E-state index < -0.39 is 5.54 Å². The summed E-state index contributed by atoms with van der Waals surface area (Å²) < 4.78 is 3.61. The van der Waals surface area contributed by atoms with E-state index in [4.69, 9.17) is 5.73 Å². The van der Waals surface area contributed by atoms with Crippen molar-refractivity contribution in [2.24, 2.45) is 12.8 Å². The van der Waals surface area contributed by atoms with Crippen molar-refractivity contribution in [1.29, 1.82) is 0 Å². The molecule has 0 bridgehead atoms. The van der Waals surface area contributed by atoms with E-state index in [9.17, 15) is 0 Å². The van der Waals surface area contributed by atoms with Crippen molar-refractivity contribution >= 4 is 0 Å². The minimum absolute atomic E-state index is 0.438. The molecule has 0 saturated carbocycles. The molecular formula is C11H18N6. The van der Waals surface area contributed by atoms with E-state index in [0.29, 0.717) is 0 Å². The molecule has 0 aliphatic rings. The van der Waals surface area contributed by atoms with Crippen molar-refractivity contribution in [3.8, 4) is 0 Å². The van der Waals surface area contributed by atoms with Crippen LogP contribution in [0.1, 0.15) is 25.1 Å². The predicted molar refractivity (Wildman–Crippen MR) is 64.1 cm³/mol. The van der Waals surface area contributed by atoms with Gasteiger partial charge >= 0.3 is 0 Å². The van der Waals surface area contributed by atoms with E-state index in [-0.39, 0.29) is 0 Å². The van der Waals surface area contributed by atoms with Crippen LogP contribution in [-0.4, -0.2) is 24.8 Å². The van der Waals surface area contributed by atoms with E-state index in [0.717, 1.165) is 18.7 Å². The number of aromatic nitrogens is 5. The Kier molecular flexibility index (Phi) is 2.97. The zero-order valence-corrected chi connectivity index (χ0v) is 10.5. The minimum Gasteiger partial charge on any atom is -0.320 e. The second kappa shape index (κ2) is 4.29. The molecule has 6 heteroatoms. The highest BCUT2D eigenvalue weighted by Crippen LogP contribution is 2.12. The van der Waals surface area contributed by atoms with E-state index in [1.165, 1.54) is 5.56 Å². The zero-order chi connectivity index (χ0) is 12.5. The SMILES string of the molecule is Cn1cc(CCn2cc(C(C)(C)N)nn2)cn1. The minimum atomic E-state index is -0.438. The van der Waals surface area contributed by atoms with Crippen LogP contribution >= 0.6 is 0 Å². The van der Waals surface area contributed by atoms with Crippen molar-refractivity contribution < 1.29 is 0 Å². The largest absolute Gasteiger partial charge is 0.320 e. The third-order valence-corrected chi connectivity index (χ3v) is 2.59. The third kappa shape index (κ3) is 2.91. The Labute approximate surface area is 100 Å². The normalized spacial score (nSPS) is 12.0. The van der Waals surface area contributed by atoms with Crippen LogP contribution in [-0.2, 0) is 25.6 Å². The molecule has 0 saturated heterocycles. The molecule has 0 radical (unpaired) electrons. The molecule has 6 nitrogen and oxygen atoms in total. The smallest absolute Gasteiger partial charge is 0.102 e. The van der Waals surface area contributed by atoms with Gasteiger partial charge in [0.2, 0.25) is 0 Å². The highest BCUT2D eigenvalue weighted by Gasteiger charge is 2.18. The van der Waals surface area contributed by atoms with Crippen molar-refractivity contribution in [2.75, 3.05) is 0 Å². The van der Waals surface area contributed by atoms with Gasteiger partial charge in [-0.3, -0.25) is 9.36 Å². The van der Waals surface area contributed by atoms with Gasteiger partial charge in [-0.15, -0.1) is 5.10 Å². The Balaban J connectivity index is 1.98. The molecule has 0 aliphatic heterocycles. The molecule has 2 aromatic heterocycles. The van der Waals surface area contributed by atoms with Crippen molar-refractivity contribution in [1.82, 2.24) is 24.8 Å². The lowest BCUT2D eigenvalue weighted by molar-refractivity contribution is 0.533. The maximum atomic E-state index is 5.95. The van der Waals surface area contributed by atoms with Crippen molar-refractivity contribution in [2.45, 2.75) is 32.4 Å². The maximum Gasteiger partial charge on any atom is 0.102 e. The van der Waals surface area contributed by atoms with Gasteiger partial charge in [0.1, 0.15) is 5.69 Å². The summed E-state index contributed by atoms with van der Waals surface area (Å²) in [6.07, 6.45) is 6.66. The summed E-state index contributed by atoms with van der Waals surface area (Å²) in [5, 5.41) is 12.3. The molecule has 2 rings (SSSR count). The standard InChI is InChI=1S/C11H18N6/c1-11(2,12)10-8-17(15-14-10)5-4-9-6-13-16(3)7-9/h6-8H,4-5,12H2,1-3H3. The van der Waals surface area contributed by atoms with Crippen LogP contribution in [0.3, 0.4) is 0 Å². The van der Waals surface area contributed by atoms with Crippen LogP contribution in [0.25, 0.3) is 0 Å². The van der Waals surface area contributed by atoms with Gasteiger partial charge in [-0.2, -0.15) is 5.10 Å². The molecule has 2 N–H and O–H groups in total. The summed E-state index contributed by atoms with van der Waals surface area (Å²) >= 11 is 0. The lowest BCUT2D eigenvalue weighted by atomic mass is 10.0. The predicted octanol–water partition coefficient (Wildman–Crippen LogP) is 0.448. The molecule has 2 aromatic rings. The number of nitrogens with zero attached hydrogens (tertiary/aromatic N) is 5. The molecule has 92 valence electrons. The number of aryl methyl sites for hydroxylation is 3. The van der Waals surface area contributed by atoms with Crippen molar-refractivity contribution in [3.63, 3.8) is 0 Å². The Bertz CT molecular complexity index is 490. The molecule has 0 spiro atoms. The van der Waals surface area contributed by atoms with Gasteiger partial charge in [-0.1, -0.05) is 5.21 Å². The average molecular weight is 234 g/mol. The Morgan fingerprint density at radius 2 is 2.12 bits per heavy atom. The lowest BCUT2D eigenvalue weighted by Crippen LogP contribution is -2.29. The average Bonchev–Trinajstić information content (AvgIpc) is 2.82. The van der Waals surface area contributed by atoms with Gasteiger partial charge in [0.15, 0.2) is 0 Å². The summed E-state index contributed by atoms with van der Waals surface area (Å²) in [6.45, 7) is 4.62. The second-order valence-electron chi connectivity index (χ2n) is 4.86. The summed E-state index contributed by atoms with van der Waals surface area (Å²) in [7, 11) is 1.91. The molecule has 0 fully saturated rings. The third-order valence-electron chi connectivity index (χ3n) is 2.59. The molecule has 0 aromatic carbocycles. The van der Waals surface area contributed by atoms with E-state index in [1.54, 1.807) is 4.68 Å². The topological polar surface area (TPSA) is 74.5 Å². The van der Waals surface area contributed by atoms with Crippen LogP contribution < -0.4 is 5.73 Å². The number of hydrogen-bond acceptors (Lipinski definition) is 4. The molecule has 17 heavy (non-hydrogen) atoms. The zero-order valence-electron chi connectivity index (χ0n) is 10.5. The number of rotatable bonds is 4.